The number of benzene rings is 1. The zero-order valence-corrected chi connectivity index (χ0v) is 15.3. The summed E-state index contributed by atoms with van der Waals surface area (Å²) in [7, 11) is 1.70. The Morgan fingerprint density at radius 3 is 2.46 bits per heavy atom. The van der Waals surface area contributed by atoms with Crippen molar-refractivity contribution >= 4 is 21.6 Å². The molecule has 2 aliphatic heterocycles. The summed E-state index contributed by atoms with van der Waals surface area (Å²) in [5.74, 6) is 0.266. The molecule has 0 atom stereocenters. The van der Waals surface area contributed by atoms with Gasteiger partial charge in [0.15, 0.2) is 0 Å². The Morgan fingerprint density at radius 2 is 1.83 bits per heavy atom. The van der Waals surface area contributed by atoms with Crippen LogP contribution in [0.1, 0.15) is 18.4 Å². The minimum Gasteiger partial charge on any atom is -0.312 e. The molecule has 2 heterocycles. The van der Waals surface area contributed by atoms with E-state index in [4.69, 9.17) is 0 Å². The number of hydrogen-bond acceptors (Lipinski definition) is 4. The van der Waals surface area contributed by atoms with Gasteiger partial charge in [-0.1, -0.05) is 0 Å². The average molecular weight is 351 g/mol. The number of nitrogens with zero attached hydrogens (tertiary/aromatic N) is 3. The van der Waals surface area contributed by atoms with Crippen LogP contribution in [0, 0.1) is 5.92 Å². The third-order valence-corrected chi connectivity index (χ3v) is 6.87. The third-order valence-electron chi connectivity index (χ3n) is 5.06. The molecule has 24 heavy (non-hydrogen) atoms. The van der Waals surface area contributed by atoms with E-state index in [0.717, 1.165) is 37.2 Å². The summed E-state index contributed by atoms with van der Waals surface area (Å²) in [6, 6.07) is 5.10. The molecule has 7 heteroatoms. The van der Waals surface area contributed by atoms with Crippen LogP contribution in [0.3, 0.4) is 0 Å². The first kappa shape index (κ1) is 17.4. The number of amides is 1. The van der Waals surface area contributed by atoms with E-state index in [9.17, 15) is 13.2 Å². The molecule has 1 amide bonds. The van der Waals surface area contributed by atoms with Crippen molar-refractivity contribution in [2.75, 3.05) is 45.7 Å². The van der Waals surface area contributed by atoms with Gasteiger partial charge in [0, 0.05) is 32.2 Å². The quantitative estimate of drug-likeness (QED) is 0.820. The standard InChI is InChI=1S/C17H25N3O3S/c1-18(2)24(22,23)15-4-5-16-14(12-15)8-11-20(16)17(21)13-6-9-19(3)10-7-13/h4-5,12-13H,6-11H2,1-3H3. The fourth-order valence-electron chi connectivity index (χ4n) is 3.45. The van der Waals surface area contributed by atoms with Crippen LogP contribution in [0.5, 0.6) is 0 Å². The number of rotatable bonds is 3. The molecular formula is C17H25N3O3S. The van der Waals surface area contributed by atoms with E-state index in [1.165, 1.54) is 18.4 Å². The molecule has 2 aliphatic rings. The lowest BCUT2D eigenvalue weighted by Crippen LogP contribution is -2.41. The zero-order chi connectivity index (χ0) is 17.5. The molecule has 132 valence electrons. The summed E-state index contributed by atoms with van der Waals surface area (Å²) in [6.07, 6.45) is 2.51. The summed E-state index contributed by atoms with van der Waals surface area (Å²) in [5, 5.41) is 0. The van der Waals surface area contributed by atoms with Gasteiger partial charge in [0.25, 0.3) is 0 Å². The van der Waals surface area contributed by atoms with E-state index in [0.29, 0.717) is 17.9 Å². The van der Waals surface area contributed by atoms with E-state index in [1.807, 2.05) is 4.90 Å². The molecule has 0 radical (unpaired) electrons. The SMILES string of the molecule is CN1CCC(C(=O)N2CCc3cc(S(=O)(=O)N(C)C)ccc32)CC1. The Morgan fingerprint density at radius 1 is 1.17 bits per heavy atom. The number of carbonyl (C=O) groups is 1. The smallest absolute Gasteiger partial charge is 0.242 e. The van der Waals surface area contributed by atoms with Crippen molar-refractivity contribution in [3.63, 3.8) is 0 Å². The van der Waals surface area contributed by atoms with Gasteiger partial charge in [-0.25, -0.2) is 12.7 Å². The predicted molar refractivity (Wildman–Crippen MR) is 93.6 cm³/mol. The molecule has 0 aliphatic carbocycles. The van der Waals surface area contributed by atoms with Crippen LogP contribution in [0.4, 0.5) is 5.69 Å². The minimum absolute atomic E-state index is 0.0809. The van der Waals surface area contributed by atoms with Gasteiger partial charge in [-0.05, 0) is 63.2 Å². The maximum atomic E-state index is 12.8. The topological polar surface area (TPSA) is 60.9 Å². The molecular weight excluding hydrogens is 326 g/mol. The highest BCUT2D eigenvalue weighted by Gasteiger charge is 2.32. The molecule has 3 rings (SSSR count). The third kappa shape index (κ3) is 3.08. The Labute approximate surface area is 144 Å². The second-order valence-electron chi connectivity index (χ2n) is 6.90. The van der Waals surface area contributed by atoms with Gasteiger partial charge in [0.05, 0.1) is 4.90 Å². The summed E-state index contributed by atoms with van der Waals surface area (Å²) >= 11 is 0. The van der Waals surface area contributed by atoms with Crippen molar-refractivity contribution in [1.82, 2.24) is 9.21 Å². The van der Waals surface area contributed by atoms with Crippen molar-refractivity contribution in [2.24, 2.45) is 5.92 Å². The normalized spacial score (nSPS) is 19.8. The van der Waals surface area contributed by atoms with Gasteiger partial charge >= 0.3 is 0 Å². The Balaban J connectivity index is 1.82. The second-order valence-corrected chi connectivity index (χ2v) is 9.05. The molecule has 0 spiro atoms. The number of likely N-dealkylation sites (tertiary alicyclic amines) is 1. The lowest BCUT2D eigenvalue weighted by Gasteiger charge is -2.31. The molecule has 0 bridgehead atoms. The van der Waals surface area contributed by atoms with Crippen LogP contribution < -0.4 is 4.90 Å². The molecule has 6 nitrogen and oxygen atoms in total. The Kier molecular flexibility index (Phi) is 4.68. The summed E-state index contributed by atoms with van der Waals surface area (Å²) in [5.41, 5.74) is 1.82. The number of anilines is 1. The summed E-state index contributed by atoms with van der Waals surface area (Å²) < 4.78 is 25.7. The molecule has 1 aromatic carbocycles. The first-order valence-electron chi connectivity index (χ1n) is 8.36. The molecule has 0 unspecified atom stereocenters. The van der Waals surface area contributed by atoms with Gasteiger partial charge in [-0.3, -0.25) is 4.79 Å². The van der Waals surface area contributed by atoms with Gasteiger partial charge in [0.2, 0.25) is 15.9 Å². The van der Waals surface area contributed by atoms with E-state index < -0.39 is 10.0 Å². The predicted octanol–water partition coefficient (Wildman–Crippen LogP) is 1.17. The van der Waals surface area contributed by atoms with Crippen molar-refractivity contribution < 1.29 is 13.2 Å². The molecule has 1 saturated heterocycles. The van der Waals surface area contributed by atoms with E-state index in [2.05, 4.69) is 11.9 Å². The second kappa shape index (κ2) is 6.46. The first-order valence-corrected chi connectivity index (χ1v) is 9.80. The van der Waals surface area contributed by atoms with Crippen molar-refractivity contribution in [3.8, 4) is 0 Å². The number of piperidine rings is 1. The van der Waals surface area contributed by atoms with Gasteiger partial charge in [0.1, 0.15) is 0 Å². The zero-order valence-electron chi connectivity index (χ0n) is 14.5. The lowest BCUT2D eigenvalue weighted by atomic mass is 9.95. The van der Waals surface area contributed by atoms with Crippen molar-refractivity contribution in [1.29, 1.82) is 0 Å². The summed E-state index contributed by atoms with van der Waals surface area (Å²) in [6.45, 7) is 2.56. The van der Waals surface area contributed by atoms with Gasteiger partial charge in [-0.15, -0.1) is 0 Å². The van der Waals surface area contributed by atoms with Crippen LogP contribution in [0.2, 0.25) is 0 Å². The average Bonchev–Trinajstić information content (AvgIpc) is 2.97. The van der Waals surface area contributed by atoms with Crippen LogP contribution in [-0.2, 0) is 21.2 Å². The maximum absolute atomic E-state index is 12.8. The van der Waals surface area contributed by atoms with Crippen LogP contribution >= 0.6 is 0 Å². The van der Waals surface area contributed by atoms with Crippen LogP contribution in [0.25, 0.3) is 0 Å². The highest BCUT2D eigenvalue weighted by atomic mass is 32.2. The number of carbonyl (C=O) groups excluding carboxylic acids is 1. The monoisotopic (exact) mass is 351 g/mol. The van der Waals surface area contributed by atoms with Gasteiger partial charge in [-0.2, -0.15) is 0 Å². The van der Waals surface area contributed by atoms with Crippen LogP contribution in [0.15, 0.2) is 23.1 Å². The summed E-state index contributed by atoms with van der Waals surface area (Å²) in [4.78, 5) is 17.2. The molecule has 1 aromatic rings. The van der Waals surface area contributed by atoms with Crippen LogP contribution in [-0.4, -0.2) is 64.3 Å². The Bertz CT molecular complexity index is 737. The van der Waals surface area contributed by atoms with Crippen molar-refractivity contribution in [2.45, 2.75) is 24.2 Å². The van der Waals surface area contributed by atoms with E-state index in [-0.39, 0.29) is 11.8 Å². The highest BCUT2D eigenvalue weighted by molar-refractivity contribution is 7.89. The number of sulfonamides is 1. The maximum Gasteiger partial charge on any atom is 0.242 e. The fraction of sp³-hybridized carbons (Fsp3) is 0.588. The molecule has 0 aromatic heterocycles. The largest absolute Gasteiger partial charge is 0.312 e. The van der Waals surface area contributed by atoms with Gasteiger partial charge < -0.3 is 9.80 Å². The Hall–Kier alpha value is -1.44. The van der Waals surface area contributed by atoms with Crippen molar-refractivity contribution in [3.05, 3.63) is 23.8 Å². The molecule has 0 N–H and O–H groups in total. The molecule has 1 fully saturated rings. The fourth-order valence-corrected chi connectivity index (χ4v) is 4.41. The lowest BCUT2D eigenvalue weighted by molar-refractivity contribution is -0.123. The number of fused-ring (bicyclic) bond motifs is 1. The van der Waals surface area contributed by atoms with E-state index in [1.54, 1.807) is 18.2 Å². The highest BCUT2D eigenvalue weighted by Crippen LogP contribution is 2.33. The van der Waals surface area contributed by atoms with E-state index >= 15 is 0 Å². The number of hydrogen-bond donors (Lipinski definition) is 0. The molecule has 0 saturated carbocycles. The minimum atomic E-state index is -3.44. The first-order chi connectivity index (χ1) is 11.3.